The molecule has 1 spiro atoms. The molecule has 0 aliphatic heterocycles. The minimum absolute atomic E-state index is 0.754. The van der Waals surface area contributed by atoms with Crippen LogP contribution in [0, 0.1) is 0 Å². The second-order valence-corrected chi connectivity index (χ2v) is 17.6. The third-order valence-electron chi connectivity index (χ3n) is 14.1. The highest BCUT2D eigenvalue weighted by atomic mass is 16.3. The van der Waals surface area contributed by atoms with Crippen LogP contribution in [-0.4, -0.2) is 4.57 Å². The molecule has 12 aromatic rings. The lowest BCUT2D eigenvalue weighted by molar-refractivity contribution is 0.507. The molecule has 1 atom stereocenters. The van der Waals surface area contributed by atoms with Crippen molar-refractivity contribution in [1.29, 1.82) is 0 Å². The van der Waals surface area contributed by atoms with Gasteiger partial charge in [-0.2, -0.15) is 0 Å². The number of hydrogen-bond donors (Lipinski definition) is 0. The van der Waals surface area contributed by atoms with E-state index in [1.807, 2.05) is 0 Å². The van der Waals surface area contributed by atoms with E-state index in [9.17, 15) is 0 Å². The molecule has 10 aromatic carbocycles. The van der Waals surface area contributed by atoms with E-state index >= 15 is 0 Å². The Bertz CT molecular complexity index is 3830. The Morgan fingerprint density at radius 2 is 0.806 bits per heavy atom. The van der Waals surface area contributed by atoms with Crippen molar-refractivity contribution in [2.75, 3.05) is 9.80 Å². The summed E-state index contributed by atoms with van der Waals surface area (Å²) in [6.45, 7) is 0. The number of hydrogen-bond acceptors (Lipinski definition) is 3. The number of nitrogens with zero attached hydrogens (tertiary/aromatic N) is 3. The van der Waals surface area contributed by atoms with Crippen molar-refractivity contribution in [3.8, 4) is 27.9 Å². The Hall–Kier alpha value is -8.86. The number of fused-ring (bicyclic) bond motifs is 15. The van der Waals surface area contributed by atoms with Crippen molar-refractivity contribution < 1.29 is 4.42 Å². The summed E-state index contributed by atoms with van der Waals surface area (Å²) >= 11 is 0. The number of aromatic nitrogens is 1. The molecule has 67 heavy (non-hydrogen) atoms. The zero-order valence-electron chi connectivity index (χ0n) is 36.4. The smallest absolute Gasteiger partial charge is 0.135 e. The van der Waals surface area contributed by atoms with Crippen LogP contribution in [-0.2, 0) is 5.41 Å². The maximum Gasteiger partial charge on any atom is 0.135 e. The first-order valence-electron chi connectivity index (χ1n) is 23.0. The number of rotatable bonds is 7. The van der Waals surface area contributed by atoms with E-state index in [1.54, 1.807) is 0 Å². The first-order chi connectivity index (χ1) is 33.3. The zero-order chi connectivity index (χ0) is 44.1. The average molecular weight is 856 g/mol. The maximum absolute atomic E-state index is 7.28. The molecule has 0 radical (unpaired) electrons. The van der Waals surface area contributed by atoms with Gasteiger partial charge in [0.15, 0.2) is 0 Å². The number of benzene rings is 10. The lowest BCUT2D eigenvalue weighted by Gasteiger charge is -2.32. The van der Waals surface area contributed by atoms with Gasteiger partial charge in [0.1, 0.15) is 16.8 Å². The van der Waals surface area contributed by atoms with Crippen molar-refractivity contribution in [2.45, 2.75) is 5.41 Å². The fraction of sp³-hybridized carbons (Fsp3) is 0.0159. The summed E-state index contributed by atoms with van der Waals surface area (Å²) in [5.74, 6) is 0.969. The van der Waals surface area contributed by atoms with Gasteiger partial charge in [0.05, 0.1) is 11.0 Å². The molecule has 0 amide bonds. The molecule has 2 aromatic heterocycles. The fourth-order valence-electron chi connectivity index (χ4n) is 11.4. The van der Waals surface area contributed by atoms with Crippen LogP contribution in [0.1, 0.15) is 22.5 Å². The third kappa shape index (κ3) is 5.41. The van der Waals surface area contributed by atoms with E-state index in [0.29, 0.717) is 0 Å². The molecule has 0 saturated carbocycles. The minimum atomic E-state index is -0.754. The van der Waals surface area contributed by atoms with Gasteiger partial charge in [-0.25, -0.2) is 0 Å². The van der Waals surface area contributed by atoms with Crippen LogP contribution in [0.3, 0.4) is 0 Å². The van der Waals surface area contributed by atoms with Crippen LogP contribution in [0.15, 0.2) is 253 Å². The molecule has 2 heterocycles. The van der Waals surface area contributed by atoms with Gasteiger partial charge in [0.2, 0.25) is 0 Å². The average Bonchev–Trinajstić information content (AvgIpc) is 4.11. The minimum Gasteiger partial charge on any atom is -0.459 e. The number of furan rings is 1. The Morgan fingerprint density at radius 1 is 0.328 bits per heavy atom. The summed E-state index contributed by atoms with van der Waals surface area (Å²) in [5, 5.41) is 3.55. The van der Waals surface area contributed by atoms with E-state index in [0.717, 1.165) is 62.1 Å². The van der Waals surface area contributed by atoms with Crippen LogP contribution < -0.4 is 9.80 Å². The Labute approximate surface area is 388 Å². The van der Waals surface area contributed by atoms with Gasteiger partial charge in [-0.05, 0) is 137 Å². The van der Waals surface area contributed by atoms with E-state index < -0.39 is 5.41 Å². The summed E-state index contributed by atoms with van der Waals surface area (Å²) in [5.41, 5.74) is 18.6. The quantitative estimate of drug-likeness (QED) is 0.160. The monoisotopic (exact) mass is 855 g/mol. The first-order valence-corrected chi connectivity index (χ1v) is 23.0. The summed E-state index contributed by atoms with van der Waals surface area (Å²) in [7, 11) is 0. The largest absolute Gasteiger partial charge is 0.459 e. The molecule has 14 rings (SSSR count). The molecular formula is C63H41N3O. The molecule has 2 aliphatic carbocycles. The predicted octanol–water partition coefficient (Wildman–Crippen LogP) is 16.8. The molecule has 0 saturated heterocycles. The van der Waals surface area contributed by atoms with Crippen LogP contribution in [0.2, 0.25) is 0 Å². The third-order valence-corrected chi connectivity index (χ3v) is 14.1. The van der Waals surface area contributed by atoms with Gasteiger partial charge in [-0.1, -0.05) is 146 Å². The van der Waals surface area contributed by atoms with Gasteiger partial charge in [0, 0.05) is 61.5 Å². The molecule has 314 valence electrons. The summed E-state index contributed by atoms with van der Waals surface area (Å²) < 4.78 is 9.66. The summed E-state index contributed by atoms with van der Waals surface area (Å²) in [6.07, 6.45) is 0. The summed E-state index contributed by atoms with van der Waals surface area (Å²) in [6, 6.07) is 90.2. The molecule has 4 heteroatoms. The van der Waals surface area contributed by atoms with Crippen molar-refractivity contribution >= 4 is 66.9 Å². The van der Waals surface area contributed by atoms with Gasteiger partial charge >= 0.3 is 0 Å². The molecule has 2 aliphatic rings. The van der Waals surface area contributed by atoms with Gasteiger partial charge in [0.25, 0.3) is 0 Å². The molecule has 4 nitrogen and oxygen atoms in total. The highest BCUT2D eigenvalue weighted by Crippen LogP contribution is 2.65. The molecule has 0 bridgehead atoms. The second kappa shape index (κ2) is 14.6. The SMILES string of the molecule is c1ccc(N(c2ccccc2)c2ccc3c(c2)C2(c4ccccc4-3)c3cc(N(c4ccccc4)c4ccc5c(c4)c4ccccc4n5-c4ccccc4)ccc3-c3c2oc2ccccc32)cc1. The van der Waals surface area contributed by atoms with E-state index in [1.165, 1.54) is 55.2 Å². The first kappa shape index (κ1) is 37.5. The van der Waals surface area contributed by atoms with E-state index in [2.05, 4.69) is 263 Å². The summed E-state index contributed by atoms with van der Waals surface area (Å²) in [4.78, 5) is 4.79. The van der Waals surface area contributed by atoms with Crippen molar-refractivity contribution in [2.24, 2.45) is 0 Å². The molecule has 0 fully saturated rings. The van der Waals surface area contributed by atoms with E-state index in [4.69, 9.17) is 4.42 Å². The number of anilines is 6. The van der Waals surface area contributed by atoms with Crippen LogP contribution in [0.4, 0.5) is 34.1 Å². The van der Waals surface area contributed by atoms with Gasteiger partial charge < -0.3 is 18.8 Å². The van der Waals surface area contributed by atoms with Gasteiger partial charge in [-0.15, -0.1) is 0 Å². The lowest BCUT2D eigenvalue weighted by atomic mass is 9.73. The van der Waals surface area contributed by atoms with Crippen molar-refractivity contribution in [3.05, 3.63) is 271 Å². The second-order valence-electron chi connectivity index (χ2n) is 17.6. The van der Waals surface area contributed by atoms with Gasteiger partial charge in [-0.3, -0.25) is 0 Å². The van der Waals surface area contributed by atoms with Crippen LogP contribution in [0.25, 0.3) is 60.7 Å². The zero-order valence-corrected chi connectivity index (χ0v) is 36.4. The molecule has 0 N–H and O–H groups in total. The lowest BCUT2D eigenvalue weighted by Crippen LogP contribution is -2.26. The molecular weight excluding hydrogens is 815 g/mol. The maximum atomic E-state index is 7.28. The number of para-hydroxylation sites is 6. The van der Waals surface area contributed by atoms with Crippen molar-refractivity contribution in [3.63, 3.8) is 0 Å². The van der Waals surface area contributed by atoms with Crippen molar-refractivity contribution in [1.82, 2.24) is 4.57 Å². The Kier molecular flexibility index (Phi) is 8.16. The van der Waals surface area contributed by atoms with E-state index in [-0.39, 0.29) is 0 Å². The topological polar surface area (TPSA) is 24.6 Å². The predicted molar refractivity (Wildman–Crippen MR) is 276 cm³/mol. The normalized spacial score (nSPS) is 14.3. The van der Waals surface area contributed by atoms with Crippen LogP contribution in [0.5, 0.6) is 0 Å². The highest BCUT2D eigenvalue weighted by molar-refractivity contribution is 6.11. The fourth-order valence-corrected chi connectivity index (χ4v) is 11.4. The molecule has 1 unspecified atom stereocenters. The van der Waals surface area contributed by atoms with Crippen LogP contribution >= 0.6 is 0 Å². The highest BCUT2D eigenvalue weighted by Gasteiger charge is 2.55. The Balaban J connectivity index is 1.03. The standard InChI is InChI=1S/C63H41N3O/c1-5-19-42(20-6-1)64(43-21-7-2-8-22-43)47-33-36-50-49-27-13-16-30-55(49)63(56(50)40-47)57-41-48(34-37-52(57)61-53-29-15-18-32-60(53)67-62(61)63)65(44-23-9-3-10-24-44)46-35-38-59-54(39-46)51-28-14-17-31-58(51)66(59)45-25-11-4-12-26-45/h1-41H. The Morgan fingerprint density at radius 3 is 1.49 bits per heavy atom.